The predicted molar refractivity (Wildman–Crippen MR) is 78.4 cm³/mol. The maximum atomic E-state index is 12.4. The molecule has 1 rings (SSSR count). The number of sulfonamides is 1. The summed E-state index contributed by atoms with van der Waals surface area (Å²) in [6.45, 7) is 3.71. The highest BCUT2D eigenvalue weighted by atomic mass is 32.2. The van der Waals surface area contributed by atoms with Crippen molar-refractivity contribution in [3.8, 4) is 0 Å². The van der Waals surface area contributed by atoms with Crippen LogP contribution in [0.4, 0.5) is 5.69 Å². The summed E-state index contributed by atoms with van der Waals surface area (Å²) < 4.78 is 26.2. The molecule has 1 aromatic carbocycles. The monoisotopic (exact) mass is 288 g/mol. The lowest BCUT2D eigenvalue weighted by atomic mass is 10.2. The maximum Gasteiger partial charge on any atom is 0.243 e. The van der Waals surface area contributed by atoms with E-state index in [9.17, 15) is 8.42 Å². The van der Waals surface area contributed by atoms with E-state index in [1.807, 2.05) is 13.2 Å². The quantitative estimate of drug-likeness (QED) is 0.841. The standard InChI is InChI=1S/C12H20N2O2S2/c1-9-7-11(5-6-12(9)13)18(15,16)14(3)10(2)8-17-4/h5-7,10H,8,13H2,1-4H3. The van der Waals surface area contributed by atoms with E-state index in [0.29, 0.717) is 10.6 Å². The van der Waals surface area contributed by atoms with Crippen LogP contribution in [0.15, 0.2) is 23.1 Å². The van der Waals surface area contributed by atoms with E-state index >= 15 is 0 Å². The molecule has 0 aliphatic rings. The van der Waals surface area contributed by atoms with Crippen molar-refractivity contribution in [2.75, 3.05) is 24.8 Å². The number of thioether (sulfide) groups is 1. The first-order valence-corrected chi connectivity index (χ1v) is 8.47. The Morgan fingerprint density at radius 1 is 1.44 bits per heavy atom. The molecule has 0 fully saturated rings. The molecular formula is C12H20N2O2S2. The molecule has 0 amide bonds. The van der Waals surface area contributed by atoms with Crippen molar-refractivity contribution in [3.63, 3.8) is 0 Å². The number of nitrogen functional groups attached to an aromatic ring is 1. The van der Waals surface area contributed by atoms with E-state index < -0.39 is 10.0 Å². The molecular weight excluding hydrogens is 268 g/mol. The maximum absolute atomic E-state index is 12.4. The second kappa shape index (κ2) is 5.95. The normalized spacial score (nSPS) is 13.8. The van der Waals surface area contributed by atoms with Gasteiger partial charge in [0.15, 0.2) is 0 Å². The molecule has 1 unspecified atom stereocenters. The predicted octanol–water partition coefficient (Wildman–Crippen LogP) is 1.95. The Bertz CT molecular complexity index is 515. The van der Waals surface area contributed by atoms with E-state index in [0.717, 1.165) is 11.3 Å². The molecule has 1 aromatic rings. The van der Waals surface area contributed by atoms with Crippen molar-refractivity contribution < 1.29 is 8.42 Å². The second-order valence-electron chi connectivity index (χ2n) is 4.34. The average molecular weight is 288 g/mol. The van der Waals surface area contributed by atoms with Crippen molar-refractivity contribution in [2.45, 2.75) is 24.8 Å². The Balaban J connectivity index is 3.09. The molecule has 18 heavy (non-hydrogen) atoms. The summed E-state index contributed by atoms with van der Waals surface area (Å²) in [6, 6.07) is 4.77. The number of aryl methyl sites for hydroxylation is 1. The number of nitrogens with zero attached hydrogens (tertiary/aromatic N) is 1. The largest absolute Gasteiger partial charge is 0.399 e. The first kappa shape index (κ1) is 15.3. The number of hydrogen-bond donors (Lipinski definition) is 1. The van der Waals surface area contributed by atoms with E-state index in [1.165, 1.54) is 4.31 Å². The summed E-state index contributed by atoms with van der Waals surface area (Å²) in [5.74, 6) is 0.768. The summed E-state index contributed by atoms with van der Waals surface area (Å²) in [6.07, 6.45) is 1.96. The topological polar surface area (TPSA) is 63.4 Å². The zero-order valence-electron chi connectivity index (χ0n) is 11.2. The van der Waals surface area contributed by atoms with Crippen LogP contribution in [0.3, 0.4) is 0 Å². The van der Waals surface area contributed by atoms with E-state index in [2.05, 4.69) is 0 Å². The summed E-state index contributed by atoms with van der Waals surface area (Å²) in [5.41, 5.74) is 7.09. The summed E-state index contributed by atoms with van der Waals surface area (Å²) in [5, 5.41) is 0. The molecule has 0 saturated carbocycles. The zero-order valence-corrected chi connectivity index (χ0v) is 12.8. The molecule has 102 valence electrons. The van der Waals surface area contributed by atoms with Crippen LogP contribution in [0.5, 0.6) is 0 Å². The van der Waals surface area contributed by atoms with Gasteiger partial charge in [-0.25, -0.2) is 8.42 Å². The lowest BCUT2D eigenvalue weighted by Crippen LogP contribution is -2.36. The van der Waals surface area contributed by atoms with Gasteiger partial charge in [0.1, 0.15) is 0 Å². The fourth-order valence-electron chi connectivity index (χ4n) is 1.56. The van der Waals surface area contributed by atoms with Crippen molar-refractivity contribution in [1.29, 1.82) is 0 Å². The molecule has 2 N–H and O–H groups in total. The van der Waals surface area contributed by atoms with Crippen molar-refractivity contribution >= 4 is 27.5 Å². The van der Waals surface area contributed by atoms with Gasteiger partial charge in [-0.15, -0.1) is 0 Å². The SMILES string of the molecule is CSCC(C)N(C)S(=O)(=O)c1ccc(N)c(C)c1. The number of anilines is 1. The molecule has 0 saturated heterocycles. The minimum absolute atomic E-state index is 0.0390. The van der Waals surface area contributed by atoms with Gasteiger partial charge in [0.25, 0.3) is 0 Å². The minimum atomic E-state index is -3.44. The van der Waals surface area contributed by atoms with Gasteiger partial charge in [-0.3, -0.25) is 0 Å². The van der Waals surface area contributed by atoms with Crippen LogP contribution in [0.1, 0.15) is 12.5 Å². The van der Waals surface area contributed by atoms with Crippen LogP contribution < -0.4 is 5.73 Å². The molecule has 0 bridgehead atoms. The Labute approximate surface area is 114 Å². The highest BCUT2D eigenvalue weighted by Crippen LogP contribution is 2.21. The highest BCUT2D eigenvalue weighted by Gasteiger charge is 2.25. The van der Waals surface area contributed by atoms with Crippen molar-refractivity contribution in [3.05, 3.63) is 23.8 Å². The zero-order chi connectivity index (χ0) is 13.9. The van der Waals surface area contributed by atoms with Crippen LogP contribution in [-0.4, -0.2) is 37.8 Å². The average Bonchev–Trinajstić information content (AvgIpc) is 2.31. The lowest BCUT2D eigenvalue weighted by Gasteiger charge is -2.24. The summed E-state index contributed by atoms with van der Waals surface area (Å²) in [7, 11) is -1.82. The number of hydrogen-bond acceptors (Lipinski definition) is 4. The third kappa shape index (κ3) is 3.18. The molecule has 4 nitrogen and oxygen atoms in total. The third-order valence-electron chi connectivity index (χ3n) is 2.95. The van der Waals surface area contributed by atoms with Crippen LogP contribution in [0.2, 0.25) is 0 Å². The Hall–Kier alpha value is -0.720. The van der Waals surface area contributed by atoms with Gasteiger partial charge in [-0.1, -0.05) is 0 Å². The minimum Gasteiger partial charge on any atom is -0.399 e. The van der Waals surface area contributed by atoms with Gasteiger partial charge in [0.2, 0.25) is 10.0 Å². The van der Waals surface area contributed by atoms with Crippen molar-refractivity contribution in [2.24, 2.45) is 0 Å². The van der Waals surface area contributed by atoms with Gasteiger partial charge in [-0.05, 0) is 43.9 Å². The van der Waals surface area contributed by atoms with Crippen LogP contribution in [0.25, 0.3) is 0 Å². The van der Waals surface area contributed by atoms with E-state index in [1.54, 1.807) is 43.9 Å². The van der Waals surface area contributed by atoms with Crippen LogP contribution in [0, 0.1) is 6.92 Å². The Morgan fingerprint density at radius 3 is 2.56 bits per heavy atom. The van der Waals surface area contributed by atoms with Gasteiger partial charge in [0.05, 0.1) is 4.90 Å². The molecule has 0 aliphatic carbocycles. The summed E-state index contributed by atoms with van der Waals surface area (Å²) in [4.78, 5) is 0.296. The highest BCUT2D eigenvalue weighted by molar-refractivity contribution is 7.98. The van der Waals surface area contributed by atoms with Gasteiger partial charge >= 0.3 is 0 Å². The molecule has 0 aliphatic heterocycles. The number of benzene rings is 1. The number of rotatable bonds is 5. The fraction of sp³-hybridized carbons (Fsp3) is 0.500. The molecule has 0 heterocycles. The molecule has 1 atom stereocenters. The van der Waals surface area contributed by atoms with E-state index in [-0.39, 0.29) is 6.04 Å². The lowest BCUT2D eigenvalue weighted by molar-refractivity contribution is 0.415. The van der Waals surface area contributed by atoms with Crippen molar-refractivity contribution in [1.82, 2.24) is 4.31 Å². The smallest absolute Gasteiger partial charge is 0.243 e. The van der Waals surface area contributed by atoms with E-state index in [4.69, 9.17) is 5.73 Å². The first-order chi connectivity index (χ1) is 8.30. The van der Waals surface area contributed by atoms with Gasteiger partial charge < -0.3 is 5.73 Å². The van der Waals surface area contributed by atoms with Gasteiger partial charge in [-0.2, -0.15) is 16.1 Å². The van der Waals surface area contributed by atoms with Gasteiger partial charge in [0, 0.05) is 24.5 Å². The Morgan fingerprint density at radius 2 is 2.06 bits per heavy atom. The van der Waals surface area contributed by atoms with Crippen LogP contribution in [-0.2, 0) is 10.0 Å². The molecule has 0 aromatic heterocycles. The fourth-order valence-corrected chi connectivity index (χ4v) is 3.80. The molecule has 0 radical (unpaired) electrons. The number of nitrogens with two attached hydrogens (primary N) is 1. The summed E-state index contributed by atoms with van der Waals surface area (Å²) >= 11 is 1.63. The third-order valence-corrected chi connectivity index (χ3v) is 5.73. The first-order valence-electron chi connectivity index (χ1n) is 5.63. The molecule has 6 heteroatoms. The Kier molecular flexibility index (Phi) is 5.07. The second-order valence-corrected chi connectivity index (χ2v) is 7.25. The van der Waals surface area contributed by atoms with Crippen LogP contribution >= 0.6 is 11.8 Å². The molecule has 0 spiro atoms.